The van der Waals surface area contributed by atoms with E-state index in [0.717, 1.165) is 38.5 Å². The Morgan fingerprint density at radius 2 is 1.16 bits per heavy atom. The van der Waals surface area contributed by atoms with Gasteiger partial charge < -0.3 is 14.4 Å². The number of rotatable bonds is 13. The maximum absolute atomic E-state index is 14.2. The fourth-order valence-corrected chi connectivity index (χ4v) is 10.8. The van der Waals surface area contributed by atoms with E-state index in [1.807, 2.05) is 0 Å². The van der Waals surface area contributed by atoms with Crippen LogP contribution >= 0.6 is 7.60 Å². The molecule has 0 bridgehead atoms. The van der Waals surface area contributed by atoms with Crippen LogP contribution in [0.4, 0.5) is 0 Å². The molecule has 11 nitrogen and oxygen atoms in total. The van der Waals surface area contributed by atoms with Crippen molar-refractivity contribution in [1.29, 1.82) is 0 Å². The van der Waals surface area contributed by atoms with Crippen molar-refractivity contribution in [2.45, 2.75) is 187 Å². The molecule has 0 aliphatic carbocycles. The van der Waals surface area contributed by atoms with Crippen molar-refractivity contribution in [2.75, 3.05) is 33.4 Å². The van der Waals surface area contributed by atoms with Crippen molar-refractivity contribution in [3.63, 3.8) is 0 Å². The highest BCUT2D eigenvalue weighted by Gasteiger charge is 2.53. The van der Waals surface area contributed by atoms with E-state index < -0.39 is 13.7 Å². The molecule has 0 saturated carbocycles. The van der Waals surface area contributed by atoms with Gasteiger partial charge >= 0.3 is 19.6 Å². The Bertz CT molecular complexity index is 1280. The van der Waals surface area contributed by atoms with E-state index in [2.05, 4.69) is 127 Å². The normalized spacial score (nSPS) is 32.7. The summed E-state index contributed by atoms with van der Waals surface area (Å²) in [5.41, 5.74) is -0.648. The van der Waals surface area contributed by atoms with E-state index in [0.29, 0.717) is 32.7 Å². The summed E-state index contributed by atoms with van der Waals surface area (Å²) in [4.78, 5) is 32.4. The smallest absolute Gasteiger partial charge is 0.396 e. The fourth-order valence-electron chi connectivity index (χ4n) is 9.71. The maximum atomic E-state index is 14.2. The highest BCUT2D eigenvalue weighted by molar-refractivity contribution is 7.60. The van der Waals surface area contributed by atoms with Gasteiger partial charge in [0.2, 0.25) is 0 Å². The number of hydrogen-bond donors (Lipinski definition) is 1. The monoisotopic (exact) mass is 723 g/mol. The highest BCUT2D eigenvalue weighted by atomic mass is 31.2. The first kappa shape index (κ1) is 41.4. The quantitative estimate of drug-likeness (QED) is 0.208. The second-order valence-electron chi connectivity index (χ2n) is 18.4. The summed E-state index contributed by atoms with van der Waals surface area (Å²) < 4.78 is 32.8. The SMILES string of the molecule is CCC1(C)CC(OP(=O)(O)c2nc(OCCN3C(C)(C)CCCC3(C)C)nc(OCCN3C(C)(C)CCCC3(C)C)n2)C(C)C(C)(CC)N1C. The van der Waals surface area contributed by atoms with Gasteiger partial charge in [-0.15, -0.1) is 4.98 Å². The van der Waals surface area contributed by atoms with Gasteiger partial charge in [-0.2, -0.15) is 9.97 Å². The van der Waals surface area contributed by atoms with Gasteiger partial charge in [0.1, 0.15) is 13.2 Å². The van der Waals surface area contributed by atoms with Crippen molar-refractivity contribution in [3.8, 4) is 12.0 Å². The second-order valence-corrected chi connectivity index (χ2v) is 20.1. The largest absolute Gasteiger partial charge is 0.462 e. The Morgan fingerprint density at radius 3 is 1.54 bits per heavy atom. The highest BCUT2D eigenvalue weighted by Crippen LogP contribution is 2.51. The van der Waals surface area contributed by atoms with Crippen molar-refractivity contribution >= 4 is 13.2 Å². The Labute approximate surface area is 304 Å². The van der Waals surface area contributed by atoms with Crippen molar-refractivity contribution in [2.24, 2.45) is 5.92 Å². The lowest BCUT2D eigenvalue weighted by atomic mass is 9.68. The molecule has 0 aromatic carbocycles. The molecule has 1 aromatic heterocycles. The predicted octanol–water partition coefficient (Wildman–Crippen LogP) is 7.22. The molecule has 0 amide bonds. The third-order valence-corrected chi connectivity index (χ3v) is 14.8. The van der Waals surface area contributed by atoms with E-state index in [1.165, 1.54) is 12.8 Å². The average molecular weight is 723 g/mol. The lowest BCUT2D eigenvalue weighted by Crippen LogP contribution is -2.66. The van der Waals surface area contributed by atoms with E-state index in [-0.39, 0.29) is 56.7 Å². The second kappa shape index (κ2) is 14.8. The standard InChI is InChI=1S/C38H71N6O5P/c1-15-37(12)27-29(28(3)38(13,16-2)42(37)14)49-50(45,46)32-40-30(47-25-23-43-33(4,5)19-17-20-34(43,6)7)39-31(41-32)48-26-24-44-35(8,9)21-18-22-36(44,10)11/h28-29H,15-27H2,1-14H3,(H,45,46). The molecule has 3 saturated heterocycles. The summed E-state index contributed by atoms with van der Waals surface area (Å²) in [6, 6.07) is -0.0512. The molecule has 4 heterocycles. The van der Waals surface area contributed by atoms with E-state index in [9.17, 15) is 9.46 Å². The van der Waals surface area contributed by atoms with Crippen LogP contribution in [0.25, 0.3) is 0 Å². The minimum atomic E-state index is -4.52. The van der Waals surface area contributed by atoms with E-state index >= 15 is 0 Å². The van der Waals surface area contributed by atoms with Gasteiger partial charge in [-0.3, -0.25) is 23.8 Å². The summed E-state index contributed by atoms with van der Waals surface area (Å²) >= 11 is 0. The maximum Gasteiger partial charge on any atom is 0.396 e. The first-order valence-electron chi connectivity index (χ1n) is 19.3. The summed E-state index contributed by atoms with van der Waals surface area (Å²) in [6.07, 6.45) is 8.75. The number of piperidine rings is 3. The summed E-state index contributed by atoms with van der Waals surface area (Å²) in [7, 11) is -2.36. The molecule has 288 valence electrons. The van der Waals surface area contributed by atoms with Gasteiger partial charge in [0.25, 0.3) is 5.57 Å². The van der Waals surface area contributed by atoms with Crippen molar-refractivity contribution < 1.29 is 23.5 Å². The first-order valence-corrected chi connectivity index (χ1v) is 20.8. The van der Waals surface area contributed by atoms with Crippen LogP contribution in [0, 0.1) is 5.92 Å². The van der Waals surface area contributed by atoms with Crippen LogP contribution in [0.15, 0.2) is 0 Å². The molecule has 3 aliphatic rings. The number of aromatic nitrogens is 3. The minimum Gasteiger partial charge on any atom is -0.462 e. The summed E-state index contributed by atoms with van der Waals surface area (Å²) in [5, 5.41) is 0. The van der Waals surface area contributed by atoms with Crippen LogP contribution in [-0.2, 0) is 9.09 Å². The molecule has 50 heavy (non-hydrogen) atoms. The number of nitrogens with zero attached hydrogens (tertiary/aromatic N) is 6. The number of ether oxygens (including phenoxy) is 2. The molecule has 5 atom stereocenters. The Kier molecular flexibility index (Phi) is 12.3. The third kappa shape index (κ3) is 8.54. The minimum absolute atomic E-state index is 0.0154. The zero-order chi connectivity index (χ0) is 37.6. The van der Waals surface area contributed by atoms with Gasteiger partial charge in [0, 0.05) is 52.2 Å². The third-order valence-electron chi connectivity index (χ3n) is 13.5. The van der Waals surface area contributed by atoms with E-state index in [1.54, 1.807) is 0 Å². The molecule has 0 radical (unpaired) electrons. The lowest BCUT2D eigenvalue weighted by Gasteiger charge is -2.59. The van der Waals surface area contributed by atoms with Gasteiger partial charge in [-0.25, -0.2) is 0 Å². The number of hydrogen-bond acceptors (Lipinski definition) is 10. The molecule has 12 heteroatoms. The summed E-state index contributed by atoms with van der Waals surface area (Å²) in [6.45, 7) is 31.1. The molecule has 1 aromatic rings. The zero-order valence-electron chi connectivity index (χ0n) is 34.1. The molecule has 4 rings (SSSR count). The fraction of sp³-hybridized carbons (Fsp3) is 0.921. The number of likely N-dealkylation sites (tertiary alicyclic amines) is 3. The predicted molar refractivity (Wildman–Crippen MR) is 202 cm³/mol. The summed E-state index contributed by atoms with van der Waals surface area (Å²) in [5.74, 6) is -0.0154. The molecule has 5 unspecified atom stereocenters. The van der Waals surface area contributed by atoms with Crippen LogP contribution in [0.3, 0.4) is 0 Å². The first-order chi connectivity index (χ1) is 22.9. The Morgan fingerprint density at radius 1 is 0.740 bits per heavy atom. The molecule has 3 fully saturated rings. The van der Waals surface area contributed by atoms with Crippen molar-refractivity contribution in [3.05, 3.63) is 0 Å². The van der Waals surface area contributed by atoms with Crippen LogP contribution in [-0.4, -0.2) is 107 Å². The van der Waals surface area contributed by atoms with Gasteiger partial charge in [-0.05, 0) is 134 Å². The van der Waals surface area contributed by atoms with Crippen LogP contribution in [0.2, 0.25) is 0 Å². The topological polar surface area (TPSA) is 113 Å². The van der Waals surface area contributed by atoms with Gasteiger partial charge in [-0.1, -0.05) is 20.8 Å². The Hall–Kier alpha value is -1.36. The zero-order valence-corrected chi connectivity index (χ0v) is 35.0. The molecule has 0 spiro atoms. The van der Waals surface area contributed by atoms with Crippen LogP contribution < -0.4 is 15.0 Å². The van der Waals surface area contributed by atoms with Crippen molar-refractivity contribution in [1.82, 2.24) is 29.7 Å². The lowest BCUT2D eigenvalue weighted by molar-refractivity contribution is -0.116. The molecule has 3 aliphatic heterocycles. The van der Waals surface area contributed by atoms with Gasteiger partial charge in [0.15, 0.2) is 0 Å². The average Bonchev–Trinajstić information content (AvgIpc) is 3.00. The van der Waals surface area contributed by atoms with Crippen LogP contribution in [0.5, 0.6) is 12.0 Å². The van der Waals surface area contributed by atoms with Gasteiger partial charge in [0.05, 0.1) is 6.10 Å². The van der Waals surface area contributed by atoms with E-state index in [4.69, 9.17) is 14.0 Å². The Balaban J connectivity index is 1.60. The molecular formula is C38H71N6O5P. The van der Waals surface area contributed by atoms with Crippen LogP contribution in [0.1, 0.15) is 148 Å². The molecule has 1 N–H and O–H groups in total. The molecular weight excluding hydrogens is 651 g/mol.